The average Bonchev–Trinajstić information content (AvgIpc) is 3.34. The summed E-state index contributed by atoms with van der Waals surface area (Å²) in [5, 5.41) is 0.841. The molecule has 4 aromatic rings. The Labute approximate surface area is 226 Å². The third-order valence-corrected chi connectivity index (χ3v) is 6.62. The summed E-state index contributed by atoms with van der Waals surface area (Å²) < 4.78 is 11.0. The molecule has 196 valence electrons. The number of imide groups is 2. The summed E-state index contributed by atoms with van der Waals surface area (Å²) in [7, 11) is 0. The first-order valence-corrected chi connectivity index (χ1v) is 12.2. The number of ether oxygens (including phenoxy) is 2. The van der Waals surface area contributed by atoms with Gasteiger partial charge >= 0.3 is 11.9 Å². The molecular formula is C30H18N2O8. The molecule has 0 aliphatic carbocycles. The second-order valence-corrected chi connectivity index (χ2v) is 9.04. The number of benzene rings is 4. The third-order valence-electron chi connectivity index (χ3n) is 6.62. The van der Waals surface area contributed by atoms with Crippen molar-refractivity contribution in [3.8, 4) is 11.5 Å². The lowest BCUT2D eigenvalue weighted by Crippen LogP contribution is -2.36. The largest absolute Gasteiger partial charge is 0.425 e. The van der Waals surface area contributed by atoms with Crippen LogP contribution in [0.4, 0.5) is 0 Å². The van der Waals surface area contributed by atoms with Crippen LogP contribution in [0.5, 0.6) is 11.5 Å². The van der Waals surface area contributed by atoms with E-state index in [0.29, 0.717) is 10.8 Å². The lowest BCUT2D eigenvalue weighted by molar-refractivity contribution is -0.135. The first kappa shape index (κ1) is 24.7. The minimum absolute atomic E-state index is 0.123. The van der Waals surface area contributed by atoms with Gasteiger partial charge in [-0.05, 0) is 36.4 Å². The average molecular weight is 534 g/mol. The number of hydrogen-bond donors (Lipinski definition) is 0. The van der Waals surface area contributed by atoms with Crippen LogP contribution in [0.2, 0.25) is 0 Å². The molecule has 0 unspecified atom stereocenters. The molecule has 0 aromatic heterocycles. The van der Waals surface area contributed by atoms with Gasteiger partial charge in [-0.2, -0.15) is 0 Å². The van der Waals surface area contributed by atoms with Crippen LogP contribution in [0, 0.1) is 0 Å². The Morgan fingerprint density at radius 1 is 0.475 bits per heavy atom. The lowest BCUT2D eigenvalue weighted by atomic mass is 10.1. The van der Waals surface area contributed by atoms with Gasteiger partial charge in [0.2, 0.25) is 0 Å². The Morgan fingerprint density at radius 2 is 0.800 bits per heavy atom. The van der Waals surface area contributed by atoms with E-state index >= 15 is 0 Å². The zero-order valence-corrected chi connectivity index (χ0v) is 20.7. The van der Waals surface area contributed by atoms with E-state index in [9.17, 15) is 28.8 Å². The molecule has 40 heavy (non-hydrogen) atoms. The maximum Gasteiger partial charge on any atom is 0.331 e. The van der Waals surface area contributed by atoms with Gasteiger partial charge in [0.25, 0.3) is 23.6 Å². The lowest BCUT2D eigenvalue weighted by Gasteiger charge is -2.15. The molecule has 0 spiro atoms. The van der Waals surface area contributed by atoms with Gasteiger partial charge in [0.15, 0.2) is 0 Å². The molecule has 0 radical (unpaired) electrons. The van der Waals surface area contributed by atoms with Gasteiger partial charge in [-0.15, -0.1) is 0 Å². The highest BCUT2D eigenvalue weighted by Gasteiger charge is 2.38. The van der Waals surface area contributed by atoms with Crippen LogP contribution in [0.15, 0.2) is 84.9 Å². The quantitative estimate of drug-likeness (QED) is 0.210. The van der Waals surface area contributed by atoms with Gasteiger partial charge in [0, 0.05) is 10.8 Å². The van der Waals surface area contributed by atoms with Crippen LogP contribution < -0.4 is 9.47 Å². The second kappa shape index (κ2) is 9.59. The fourth-order valence-corrected chi connectivity index (χ4v) is 4.76. The first-order chi connectivity index (χ1) is 19.3. The fraction of sp³-hybridized carbons (Fsp3) is 0.0667. The number of carbonyl (C=O) groups excluding carboxylic acids is 6. The molecule has 0 atom stereocenters. The maximum atomic E-state index is 12.7. The van der Waals surface area contributed by atoms with Crippen molar-refractivity contribution in [2.75, 3.05) is 13.1 Å². The van der Waals surface area contributed by atoms with Crippen molar-refractivity contribution >= 4 is 46.3 Å². The van der Waals surface area contributed by atoms with Gasteiger partial charge in [-0.1, -0.05) is 48.5 Å². The minimum Gasteiger partial charge on any atom is -0.425 e. The SMILES string of the molecule is O=C(CN1C(=O)c2ccccc2C1=O)Oc1cccc2c(OC(=O)CN3C(=O)c4ccccc4C3=O)cccc12. The normalized spacial score (nSPS) is 14.0. The highest BCUT2D eigenvalue weighted by molar-refractivity contribution is 6.23. The number of esters is 2. The Balaban J connectivity index is 1.17. The highest BCUT2D eigenvalue weighted by Crippen LogP contribution is 2.33. The molecule has 10 heteroatoms. The van der Waals surface area contributed by atoms with Gasteiger partial charge in [0.05, 0.1) is 22.3 Å². The predicted molar refractivity (Wildman–Crippen MR) is 139 cm³/mol. The highest BCUT2D eigenvalue weighted by atomic mass is 16.5. The molecular weight excluding hydrogens is 516 g/mol. The molecule has 0 bridgehead atoms. The van der Waals surface area contributed by atoms with Crippen LogP contribution in [-0.4, -0.2) is 58.5 Å². The minimum atomic E-state index is -0.838. The van der Waals surface area contributed by atoms with Gasteiger partial charge in [-0.3, -0.25) is 29.0 Å². The zero-order valence-electron chi connectivity index (χ0n) is 20.7. The standard InChI is InChI=1S/C30H18N2O8/c33-25(15-31-27(35)19-7-1-2-8-20(19)28(31)36)39-23-13-5-12-18-17(23)11-6-14-24(18)40-26(34)16-32-29(37)21-9-3-4-10-22(21)30(32)38/h1-14H,15-16H2. The zero-order chi connectivity index (χ0) is 28.0. The van der Waals surface area contributed by atoms with Crippen molar-refractivity contribution in [2.24, 2.45) is 0 Å². The van der Waals surface area contributed by atoms with Crippen LogP contribution in [0.25, 0.3) is 10.8 Å². The number of nitrogens with zero attached hydrogens (tertiary/aromatic N) is 2. The summed E-state index contributed by atoms with van der Waals surface area (Å²) >= 11 is 0. The van der Waals surface area contributed by atoms with Crippen LogP contribution >= 0.6 is 0 Å². The molecule has 2 aliphatic rings. The van der Waals surface area contributed by atoms with Gasteiger partial charge in [-0.25, -0.2) is 9.59 Å². The summed E-state index contributed by atoms with van der Waals surface area (Å²) in [5.41, 5.74) is 0.882. The molecule has 0 saturated carbocycles. The Bertz CT molecular complexity index is 1590. The fourth-order valence-electron chi connectivity index (χ4n) is 4.76. The Hall–Kier alpha value is -5.64. The van der Waals surface area contributed by atoms with Crippen LogP contribution in [0.3, 0.4) is 0 Å². The van der Waals surface area contributed by atoms with Crippen LogP contribution in [0.1, 0.15) is 41.4 Å². The Kier molecular flexibility index (Phi) is 5.92. The summed E-state index contributed by atoms with van der Waals surface area (Å²) in [6.45, 7) is -1.17. The summed E-state index contributed by atoms with van der Waals surface area (Å²) in [6, 6.07) is 22.1. The number of hydrogen-bond acceptors (Lipinski definition) is 8. The number of fused-ring (bicyclic) bond motifs is 3. The van der Waals surface area contributed by atoms with Crippen molar-refractivity contribution in [1.82, 2.24) is 9.80 Å². The van der Waals surface area contributed by atoms with E-state index in [0.717, 1.165) is 9.80 Å². The van der Waals surface area contributed by atoms with E-state index < -0.39 is 48.7 Å². The molecule has 6 rings (SSSR count). The number of rotatable bonds is 6. The Morgan fingerprint density at radius 3 is 1.12 bits per heavy atom. The van der Waals surface area contributed by atoms with Crippen molar-refractivity contribution in [1.29, 1.82) is 0 Å². The van der Waals surface area contributed by atoms with Crippen molar-refractivity contribution < 1.29 is 38.2 Å². The van der Waals surface area contributed by atoms with Crippen molar-refractivity contribution in [2.45, 2.75) is 0 Å². The molecule has 0 N–H and O–H groups in total. The molecule has 0 fully saturated rings. The van der Waals surface area contributed by atoms with E-state index in [1.54, 1.807) is 48.5 Å². The predicted octanol–water partition coefficient (Wildman–Crippen LogP) is 3.24. The summed E-state index contributed by atoms with van der Waals surface area (Å²) in [6.07, 6.45) is 0. The molecule has 2 aliphatic heterocycles. The third kappa shape index (κ3) is 4.08. The maximum absolute atomic E-state index is 12.7. The van der Waals surface area contributed by atoms with Gasteiger partial charge in [0.1, 0.15) is 24.6 Å². The smallest absolute Gasteiger partial charge is 0.331 e. The molecule has 4 aromatic carbocycles. The van der Waals surface area contributed by atoms with E-state index in [2.05, 4.69) is 0 Å². The van der Waals surface area contributed by atoms with Crippen molar-refractivity contribution in [3.05, 3.63) is 107 Å². The summed E-state index contributed by atoms with van der Waals surface area (Å²) in [5.74, 6) is -3.75. The first-order valence-electron chi connectivity index (χ1n) is 12.2. The summed E-state index contributed by atoms with van der Waals surface area (Å²) in [4.78, 5) is 77.5. The topological polar surface area (TPSA) is 127 Å². The van der Waals surface area contributed by atoms with Crippen molar-refractivity contribution in [3.63, 3.8) is 0 Å². The second-order valence-electron chi connectivity index (χ2n) is 9.04. The van der Waals surface area contributed by atoms with Gasteiger partial charge < -0.3 is 9.47 Å². The van der Waals surface area contributed by atoms with E-state index in [4.69, 9.17) is 9.47 Å². The molecule has 10 nitrogen and oxygen atoms in total. The van der Waals surface area contributed by atoms with Crippen LogP contribution in [-0.2, 0) is 9.59 Å². The molecule has 4 amide bonds. The monoisotopic (exact) mass is 534 g/mol. The molecule has 0 saturated heterocycles. The molecule has 2 heterocycles. The van der Waals surface area contributed by atoms with E-state index in [-0.39, 0.29) is 33.8 Å². The number of amides is 4. The van der Waals surface area contributed by atoms with E-state index in [1.807, 2.05) is 0 Å². The number of carbonyl (C=O) groups is 6. The van der Waals surface area contributed by atoms with E-state index in [1.165, 1.54) is 36.4 Å².